The maximum absolute atomic E-state index is 6.13. The van der Waals surface area contributed by atoms with Crippen LogP contribution in [0.3, 0.4) is 0 Å². The highest BCUT2D eigenvalue weighted by molar-refractivity contribution is 7.80. The number of nitrogens with one attached hydrogen (secondary N) is 1. The van der Waals surface area contributed by atoms with Gasteiger partial charge in [0.15, 0.2) is 0 Å². The maximum atomic E-state index is 6.13. The molecule has 0 heterocycles. The van der Waals surface area contributed by atoms with Crippen molar-refractivity contribution < 1.29 is 0 Å². The molecule has 0 unspecified atom stereocenters. The Morgan fingerprint density at radius 3 is 2.64 bits per heavy atom. The quantitative estimate of drug-likeness (QED) is 0.593. The molecule has 78 valence electrons. The largest absolute Gasteiger partial charge is 0.384 e. The van der Waals surface area contributed by atoms with E-state index in [2.05, 4.69) is 37.9 Å². The Labute approximate surface area is 96.3 Å². The van der Waals surface area contributed by atoms with Crippen LogP contribution in [0.4, 0.5) is 5.69 Å². The Balaban J connectivity index is 2.75. The molecule has 0 aromatic heterocycles. The lowest BCUT2D eigenvalue weighted by molar-refractivity contribution is 0.992. The van der Waals surface area contributed by atoms with Crippen LogP contribution < -0.4 is 5.32 Å². The van der Waals surface area contributed by atoms with Gasteiger partial charge in [-0.05, 0) is 43.2 Å². The van der Waals surface area contributed by atoms with Crippen LogP contribution >= 0.6 is 24.2 Å². The first-order chi connectivity index (χ1) is 6.65. The molecule has 0 aliphatic rings. The van der Waals surface area contributed by atoms with Crippen LogP contribution in [0.15, 0.2) is 12.1 Å². The van der Waals surface area contributed by atoms with Crippen LogP contribution in [0.1, 0.15) is 17.5 Å². The number of halogens is 1. The van der Waals surface area contributed by atoms with Crippen molar-refractivity contribution in [3.05, 3.63) is 28.3 Å². The first kappa shape index (κ1) is 11.7. The fourth-order valence-electron chi connectivity index (χ4n) is 1.43. The summed E-state index contributed by atoms with van der Waals surface area (Å²) >= 11 is 10.3. The van der Waals surface area contributed by atoms with E-state index in [9.17, 15) is 0 Å². The Morgan fingerprint density at radius 1 is 1.36 bits per heavy atom. The van der Waals surface area contributed by atoms with Crippen molar-refractivity contribution in [1.29, 1.82) is 0 Å². The molecule has 1 nitrogen and oxygen atoms in total. The van der Waals surface area contributed by atoms with Crippen molar-refractivity contribution in [3.63, 3.8) is 0 Å². The summed E-state index contributed by atoms with van der Waals surface area (Å²) in [5.74, 6) is 0.898. The first-order valence-corrected chi connectivity index (χ1v) is 5.77. The highest BCUT2D eigenvalue weighted by Crippen LogP contribution is 2.27. The molecule has 0 fully saturated rings. The lowest BCUT2D eigenvalue weighted by Crippen LogP contribution is -2.04. The normalized spacial score (nSPS) is 10.3. The van der Waals surface area contributed by atoms with Crippen molar-refractivity contribution in [1.82, 2.24) is 0 Å². The number of benzene rings is 1. The van der Waals surface area contributed by atoms with E-state index < -0.39 is 0 Å². The summed E-state index contributed by atoms with van der Waals surface area (Å²) in [5, 5.41) is 4.14. The SMILES string of the molecule is Cc1cc(C)c(NCCCS)c(Cl)c1. The number of hydrogen-bond donors (Lipinski definition) is 2. The zero-order valence-electron chi connectivity index (χ0n) is 8.60. The predicted molar refractivity (Wildman–Crippen MR) is 67.9 cm³/mol. The van der Waals surface area contributed by atoms with Gasteiger partial charge in [0.25, 0.3) is 0 Å². The summed E-state index contributed by atoms with van der Waals surface area (Å²) in [5.41, 5.74) is 3.46. The van der Waals surface area contributed by atoms with Gasteiger partial charge in [-0.3, -0.25) is 0 Å². The second-order valence-corrected chi connectivity index (χ2v) is 4.30. The van der Waals surface area contributed by atoms with Gasteiger partial charge in [-0.25, -0.2) is 0 Å². The highest BCUT2D eigenvalue weighted by Gasteiger charge is 2.03. The van der Waals surface area contributed by atoms with Crippen LogP contribution in [-0.2, 0) is 0 Å². The van der Waals surface area contributed by atoms with Gasteiger partial charge < -0.3 is 5.32 Å². The van der Waals surface area contributed by atoms with Crippen LogP contribution in [0.25, 0.3) is 0 Å². The van der Waals surface area contributed by atoms with Gasteiger partial charge in [-0.15, -0.1) is 0 Å². The zero-order valence-corrected chi connectivity index (χ0v) is 10.3. The van der Waals surface area contributed by atoms with Gasteiger partial charge >= 0.3 is 0 Å². The lowest BCUT2D eigenvalue weighted by Gasteiger charge is -2.11. The summed E-state index contributed by atoms with van der Waals surface area (Å²) < 4.78 is 0. The van der Waals surface area contributed by atoms with Gasteiger partial charge in [0.05, 0.1) is 10.7 Å². The van der Waals surface area contributed by atoms with E-state index >= 15 is 0 Å². The Bertz CT molecular complexity index is 289. The highest BCUT2D eigenvalue weighted by atomic mass is 35.5. The summed E-state index contributed by atoms with van der Waals surface area (Å²) in [7, 11) is 0. The third-order valence-corrected chi connectivity index (χ3v) is 2.68. The molecular weight excluding hydrogens is 214 g/mol. The Kier molecular flexibility index (Phi) is 4.63. The lowest BCUT2D eigenvalue weighted by atomic mass is 10.1. The second kappa shape index (κ2) is 5.52. The molecule has 1 aromatic rings. The molecule has 0 spiro atoms. The molecule has 1 aromatic carbocycles. The van der Waals surface area contributed by atoms with Crippen LogP contribution in [-0.4, -0.2) is 12.3 Å². The fourth-order valence-corrected chi connectivity index (χ4v) is 1.98. The minimum absolute atomic E-state index is 0.807. The van der Waals surface area contributed by atoms with Crippen molar-refractivity contribution in [2.24, 2.45) is 0 Å². The number of rotatable bonds is 4. The minimum Gasteiger partial charge on any atom is -0.384 e. The Hall–Kier alpha value is -0.340. The van der Waals surface area contributed by atoms with Gasteiger partial charge in [-0.1, -0.05) is 17.7 Å². The topological polar surface area (TPSA) is 12.0 Å². The van der Waals surface area contributed by atoms with Gasteiger partial charge in [-0.2, -0.15) is 12.6 Å². The molecule has 0 aliphatic carbocycles. The van der Waals surface area contributed by atoms with Gasteiger partial charge in [0.2, 0.25) is 0 Å². The average Bonchev–Trinajstić information content (AvgIpc) is 2.09. The number of aryl methyl sites for hydroxylation is 2. The molecule has 0 saturated carbocycles. The third kappa shape index (κ3) is 3.10. The second-order valence-electron chi connectivity index (χ2n) is 3.44. The van der Waals surface area contributed by atoms with Crippen LogP contribution in [0.5, 0.6) is 0 Å². The summed E-state index contributed by atoms with van der Waals surface area (Å²) in [6, 6.07) is 4.12. The third-order valence-electron chi connectivity index (χ3n) is 2.07. The standard InChI is InChI=1S/C11H16ClNS/c1-8-6-9(2)11(10(12)7-8)13-4-3-5-14/h6-7,13-14H,3-5H2,1-2H3. The molecule has 1 rings (SSSR count). The number of thiol groups is 1. The fraction of sp³-hybridized carbons (Fsp3) is 0.455. The molecule has 0 radical (unpaired) electrons. The average molecular weight is 230 g/mol. The number of anilines is 1. The monoisotopic (exact) mass is 229 g/mol. The zero-order chi connectivity index (χ0) is 10.6. The molecule has 0 amide bonds. The van der Waals surface area contributed by atoms with E-state index in [0.717, 1.165) is 29.4 Å². The van der Waals surface area contributed by atoms with Crippen molar-refractivity contribution in [3.8, 4) is 0 Å². The molecule has 0 atom stereocenters. The van der Waals surface area contributed by atoms with Crippen LogP contribution in [0.2, 0.25) is 5.02 Å². The van der Waals surface area contributed by atoms with E-state index in [1.807, 2.05) is 6.07 Å². The molecule has 14 heavy (non-hydrogen) atoms. The van der Waals surface area contributed by atoms with Crippen LogP contribution in [0, 0.1) is 13.8 Å². The smallest absolute Gasteiger partial charge is 0.0642 e. The molecule has 0 saturated heterocycles. The Morgan fingerprint density at radius 2 is 2.07 bits per heavy atom. The summed E-state index contributed by atoms with van der Waals surface area (Å²) in [4.78, 5) is 0. The maximum Gasteiger partial charge on any atom is 0.0642 e. The van der Waals surface area contributed by atoms with E-state index in [1.54, 1.807) is 0 Å². The van der Waals surface area contributed by atoms with Gasteiger partial charge in [0, 0.05) is 6.54 Å². The molecule has 0 aliphatic heterocycles. The van der Waals surface area contributed by atoms with E-state index in [4.69, 9.17) is 11.6 Å². The van der Waals surface area contributed by atoms with E-state index in [-0.39, 0.29) is 0 Å². The minimum atomic E-state index is 0.807. The van der Waals surface area contributed by atoms with Crippen molar-refractivity contribution in [2.75, 3.05) is 17.6 Å². The molecule has 1 N–H and O–H groups in total. The van der Waals surface area contributed by atoms with Gasteiger partial charge in [0.1, 0.15) is 0 Å². The molecule has 3 heteroatoms. The summed E-state index contributed by atoms with van der Waals surface area (Å²) in [6.45, 7) is 5.05. The molecular formula is C11H16ClNS. The predicted octanol–water partition coefficient (Wildman–Crippen LogP) is 3.69. The van der Waals surface area contributed by atoms with E-state index in [0.29, 0.717) is 0 Å². The number of hydrogen-bond acceptors (Lipinski definition) is 2. The summed E-state index contributed by atoms with van der Waals surface area (Å²) in [6.07, 6.45) is 1.05. The van der Waals surface area contributed by atoms with Crippen molar-refractivity contribution in [2.45, 2.75) is 20.3 Å². The van der Waals surface area contributed by atoms with E-state index in [1.165, 1.54) is 11.1 Å². The molecule has 0 bridgehead atoms. The first-order valence-electron chi connectivity index (χ1n) is 4.76. The van der Waals surface area contributed by atoms with Crippen molar-refractivity contribution >= 4 is 29.9 Å².